The topological polar surface area (TPSA) is 92.9 Å². The summed E-state index contributed by atoms with van der Waals surface area (Å²) in [6.45, 7) is 1.10. The highest BCUT2D eigenvalue weighted by Crippen LogP contribution is 2.27. The van der Waals surface area contributed by atoms with Crippen LogP contribution in [0.2, 0.25) is 0 Å². The molecule has 2 aromatic carbocycles. The van der Waals surface area contributed by atoms with Gasteiger partial charge in [0.25, 0.3) is 5.91 Å². The van der Waals surface area contributed by atoms with Gasteiger partial charge in [0.05, 0.1) is 19.3 Å². The lowest BCUT2D eigenvalue weighted by molar-refractivity contribution is -0.120. The Labute approximate surface area is 133 Å². The van der Waals surface area contributed by atoms with E-state index in [-0.39, 0.29) is 30.7 Å². The molecule has 0 radical (unpaired) electrons. The van der Waals surface area contributed by atoms with Gasteiger partial charge in [0, 0.05) is 23.9 Å². The lowest BCUT2D eigenvalue weighted by atomic mass is 10.0. The predicted octanol–water partition coefficient (Wildman–Crippen LogP) is 1.26. The first kappa shape index (κ1) is 15.3. The van der Waals surface area contributed by atoms with Gasteiger partial charge in [-0.15, -0.1) is 0 Å². The minimum Gasteiger partial charge on any atom is -0.507 e. The number of amides is 2. The maximum absolute atomic E-state index is 12.8. The molecule has 0 bridgehead atoms. The summed E-state index contributed by atoms with van der Waals surface area (Å²) in [5.41, 5.74) is 5.64. The molecule has 0 spiro atoms. The minimum absolute atomic E-state index is 0.0608. The predicted molar refractivity (Wildman–Crippen MR) is 85.1 cm³/mol. The lowest BCUT2D eigenvalue weighted by Gasteiger charge is -2.35. The van der Waals surface area contributed by atoms with Gasteiger partial charge in [-0.05, 0) is 17.5 Å². The summed E-state index contributed by atoms with van der Waals surface area (Å²) in [6.07, 6.45) is 0.0608. The van der Waals surface area contributed by atoms with Gasteiger partial charge in [0.2, 0.25) is 5.91 Å². The molecule has 1 saturated heterocycles. The number of phenols is 1. The minimum atomic E-state index is -0.473. The third-order valence-corrected chi connectivity index (χ3v) is 4.01. The van der Waals surface area contributed by atoms with Crippen molar-refractivity contribution in [3.8, 4) is 5.75 Å². The molecule has 1 unspecified atom stereocenters. The average Bonchev–Trinajstić information content (AvgIpc) is 2.54. The highest BCUT2D eigenvalue weighted by molar-refractivity contribution is 6.01. The van der Waals surface area contributed by atoms with E-state index in [1.54, 1.807) is 17.0 Å². The van der Waals surface area contributed by atoms with Crippen LogP contribution in [0.15, 0.2) is 36.4 Å². The summed E-state index contributed by atoms with van der Waals surface area (Å²) in [4.78, 5) is 25.6. The molecule has 0 aromatic heterocycles. The molecule has 6 heteroatoms. The Bertz CT molecular complexity index is 759. The van der Waals surface area contributed by atoms with Crippen molar-refractivity contribution >= 4 is 22.6 Å². The zero-order valence-electron chi connectivity index (χ0n) is 12.6. The Morgan fingerprint density at radius 3 is 2.87 bits per heavy atom. The Kier molecular flexibility index (Phi) is 4.16. The summed E-state index contributed by atoms with van der Waals surface area (Å²) >= 11 is 0. The second-order valence-corrected chi connectivity index (χ2v) is 5.61. The molecule has 1 atom stereocenters. The zero-order valence-corrected chi connectivity index (χ0v) is 12.6. The van der Waals surface area contributed by atoms with E-state index in [0.29, 0.717) is 24.1 Å². The molecule has 0 aliphatic carbocycles. The molecule has 1 aliphatic rings. The van der Waals surface area contributed by atoms with E-state index < -0.39 is 5.91 Å². The Morgan fingerprint density at radius 1 is 1.30 bits per heavy atom. The van der Waals surface area contributed by atoms with Crippen molar-refractivity contribution in [2.24, 2.45) is 5.73 Å². The van der Waals surface area contributed by atoms with Crippen LogP contribution < -0.4 is 5.73 Å². The SMILES string of the molecule is NC(=O)CC1COCCN1C(=O)c1cc(O)c2ccccc2c1. The number of aromatic hydroxyl groups is 1. The monoisotopic (exact) mass is 314 g/mol. The average molecular weight is 314 g/mol. The van der Waals surface area contributed by atoms with Crippen LogP contribution >= 0.6 is 0 Å². The van der Waals surface area contributed by atoms with Crippen LogP contribution in [0.4, 0.5) is 0 Å². The number of carbonyl (C=O) groups is 2. The molecule has 6 nitrogen and oxygen atoms in total. The second-order valence-electron chi connectivity index (χ2n) is 5.61. The van der Waals surface area contributed by atoms with Crippen LogP contribution in [-0.2, 0) is 9.53 Å². The van der Waals surface area contributed by atoms with Crippen LogP contribution in [0, 0.1) is 0 Å². The number of nitrogens with zero attached hydrogens (tertiary/aromatic N) is 1. The third kappa shape index (κ3) is 3.12. The van der Waals surface area contributed by atoms with Crippen LogP contribution in [-0.4, -0.2) is 47.6 Å². The molecule has 2 aromatic rings. The fraction of sp³-hybridized carbons (Fsp3) is 0.294. The molecule has 23 heavy (non-hydrogen) atoms. The van der Waals surface area contributed by atoms with E-state index in [1.807, 2.05) is 18.2 Å². The normalized spacial score (nSPS) is 18.1. The van der Waals surface area contributed by atoms with Crippen LogP contribution in [0.5, 0.6) is 5.75 Å². The van der Waals surface area contributed by atoms with Gasteiger partial charge in [-0.2, -0.15) is 0 Å². The molecule has 120 valence electrons. The number of nitrogens with two attached hydrogens (primary N) is 1. The Balaban J connectivity index is 1.93. The van der Waals surface area contributed by atoms with Gasteiger partial charge < -0.3 is 20.5 Å². The van der Waals surface area contributed by atoms with Crippen LogP contribution in [0.1, 0.15) is 16.8 Å². The zero-order chi connectivity index (χ0) is 16.4. The first-order valence-electron chi connectivity index (χ1n) is 7.45. The van der Waals surface area contributed by atoms with Gasteiger partial charge in [0.15, 0.2) is 0 Å². The number of morpholine rings is 1. The number of ether oxygens (including phenoxy) is 1. The van der Waals surface area contributed by atoms with E-state index in [2.05, 4.69) is 0 Å². The molecular formula is C17H18N2O4. The fourth-order valence-electron chi connectivity index (χ4n) is 2.90. The second kappa shape index (κ2) is 6.26. The number of benzene rings is 2. The van der Waals surface area contributed by atoms with E-state index >= 15 is 0 Å². The number of rotatable bonds is 3. The highest BCUT2D eigenvalue weighted by Gasteiger charge is 2.29. The lowest BCUT2D eigenvalue weighted by Crippen LogP contribution is -2.50. The van der Waals surface area contributed by atoms with Crippen LogP contribution in [0.3, 0.4) is 0 Å². The van der Waals surface area contributed by atoms with Crippen molar-refractivity contribution in [1.29, 1.82) is 0 Å². The molecule has 3 N–H and O–H groups in total. The van der Waals surface area contributed by atoms with Gasteiger partial charge in [-0.3, -0.25) is 9.59 Å². The molecule has 3 rings (SSSR count). The van der Waals surface area contributed by atoms with E-state index in [0.717, 1.165) is 5.39 Å². The maximum atomic E-state index is 12.8. The maximum Gasteiger partial charge on any atom is 0.254 e. The van der Waals surface area contributed by atoms with Gasteiger partial charge in [-0.25, -0.2) is 0 Å². The summed E-state index contributed by atoms with van der Waals surface area (Å²) in [5, 5.41) is 11.6. The highest BCUT2D eigenvalue weighted by atomic mass is 16.5. The number of fused-ring (bicyclic) bond motifs is 1. The molecular weight excluding hydrogens is 296 g/mol. The number of phenolic OH excluding ortho intramolecular Hbond substituents is 1. The standard InChI is InChI=1S/C17H18N2O4/c18-16(21)9-13-10-23-6-5-19(13)17(22)12-7-11-3-1-2-4-14(11)15(20)8-12/h1-4,7-8,13,20H,5-6,9-10H2,(H2,18,21). The van der Waals surface area contributed by atoms with Crippen molar-refractivity contribution in [2.75, 3.05) is 19.8 Å². The van der Waals surface area contributed by atoms with Crippen molar-refractivity contribution in [3.05, 3.63) is 42.0 Å². The van der Waals surface area contributed by atoms with E-state index in [9.17, 15) is 14.7 Å². The van der Waals surface area contributed by atoms with E-state index in [1.165, 1.54) is 6.07 Å². The third-order valence-electron chi connectivity index (χ3n) is 4.01. The molecule has 2 amide bonds. The van der Waals surface area contributed by atoms with Gasteiger partial charge in [0.1, 0.15) is 5.75 Å². The van der Waals surface area contributed by atoms with Crippen molar-refractivity contribution < 1.29 is 19.4 Å². The first-order chi connectivity index (χ1) is 11.1. The number of hydrogen-bond donors (Lipinski definition) is 2. The fourth-order valence-corrected chi connectivity index (χ4v) is 2.90. The summed E-state index contributed by atoms with van der Waals surface area (Å²) in [5.74, 6) is -0.647. The summed E-state index contributed by atoms with van der Waals surface area (Å²) < 4.78 is 5.34. The Hall–Kier alpha value is -2.60. The molecule has 1 heterocycles. The van der Waals surface area contributed by atoms with Gasteiger partial charge in [-0.1, -0.05) is 24.3 Å². The summed E-state index contributed by atoms with van der Waals surface area (Å²) in [7, 11) is 0. The number of primary amides is 1. The molecule has 1 fully saturated rings. The van der Waals surface area contributed by atoms with Gasteiger partial charge >= 0.3 is 0 Å². The van der Waals surface area contributed by atoms with Crippen molar-refractivity contribution in [3.63, 3.8) is 0 Å². The Morgan fingerprint density at radius 2 is 2.09 bits per heavy atom. The number of carbonyl (C=O) groups excluding carboxylic acids is 2. The molecule has 0 saturated carbocycles. The van der Waals surface area contributed by atoms with Crippen LogP contribution in [0.25, 0.3) is 10.8 Å². The first-order valence-corrected chi connectivity index (χ1v) is 7.45. The van der Waals surface area contributed by atoms with Crippen molar-refractivity contribution in [2.45, 2.75) is 12.5 Å². The van der Waals surface area contributed by atoms with Crippen molar-refractivity contribution in [1.82, 2.24) is 4.90 Å². The van der Waals surface area contributed by atoms with E-state index in [4.69, 9.17) is 10.5 Å². The summed E-state index contributed by atoms with van der Waals surface area (Å²) in [6, 6.07) is 10.1. The smallest absolute Gasteiger partial charge is 0.254 e. The quantitative estimate of drug-likeness (QED) is 0.892. The molecule has 1 aliphatic heterocycles. The number of hydrogen-bond acceptors (Lipinski definition) is 4. The largest absolute Gasteiger partial charge is 0.507 e.